The van der Waals surface area contributed by atoms with Crippen LogP contribution in [0.2, 0.25) is 0 Å². The van der Waals surface area contributed by atoms with Crippen molar-refractivity contribution in [2.24, 2.45) is 0 Å². The number of nitrogens with zero attached hydrogens (tertiary/aromatic N) is 3. The maximum absolute atomic E-state index is 13.0. The molecule has 0 unspecified atom stereocenters. The molecule has 3 heterocycles. The Bertz CT molecular complexity index is 1200. The number of sulfonamides is 1. The normalized spacial score (nSPS) is 15.4. The summed E-state index contributed by atoms with van der Waals surface area (Å²) in [6.07, 6.45) is 6.53. The number of aromatic nitrogens is 2. The van der Waals surface area contributed by atoms with Crippen molar-refractivity contribution in [1.82, 2.24) is 19.0 Å². The zero-order valence-corrected chi connectivity index (χ0v) is 19.0. The number of imidazole rings is 1. The lowest BCUT2D eigenvalue weighted by atomic mass is 10.1. The number of hydrogen-bond donors (Lipinski definition) is 1. The number of rotatable bonds is 5. The van der Waals surface area contributed by atoms with Crippen molar-refractivity contribution >= 4 is 37.5 Å². The molecule has 1 aromatic carbocycles. The Labute approximate surface area is 184 Å². The minimum absolute atomic E-state index is 0.165. The number of aryl methyl sites for hydroxylation is 1. The molecule has 0 aliphatic carbocycles. The van der Waals surface area contributed by atoms with Crippen molar-refractivity contribution in [1.29, 1.82) is 0 Å². The fourth-order valence-electron chi connectivity index (χ4n) is 3.63. The van der Waals surface area contributed by atoms with Gasteiger partial charge in [0.1, 0.15) is 5.65 Å². The van der Waals surface area contributed by atoms with Gasteiger partial charge in [0.2, 0.25) is 10.0 Å². The number of carbonyl (C=O) groups excluding carboxylic acids is 1. The summed E-state index contributed by atoms with van der Waals surface area (Å²) in [7, 11) is -3.59. The van der Waals surface area contributed by atoms with E-state index in [-0.39, 0.29) is 17.3 Å². The fraction of sp³-hybridized carbons (Fsp3) is 0.333. The number of fused-ring (bicyclic) bond motifs is 1. The van der Waals surface area contributed by atoms with Crippen LogP contribution < -0.4 is 5.32 Å². The van der Waals surface area contributed by atoms with Gasteiger partial charge in [0.25, 0.3) is 5.91 Å². The number of pyridine rings is 1. The molecular formula is C21H23BrN4O3S. The minimum Gasteiger partial charge on any atom is -0.346 e. The van der Waals surface area contributed by atoms with Gasteiger partial charge in [-0.05, 0) is 65.5 Å². The standard InChI is InChI=1S/C21H23BrN4O3S/c1-15-5-7-18(30(28,29)26-9-3-2-4-10-26)11-19(15)21(27)23-12-17-14-25-13-16(22)6-8-20(25)24-17/h5-8,11,13-14H,2-4,9-10,12H2,1H3,(H,23,27). The maximum Gasteiger partial charge on any atom is 0.251 e. The van der Waals surface area contributed by atoms with Crippen LogP contribution in [0.3, 0.4) is 0 Å². The predicted octanol–water partition coefficient (Wildman–Crippen LogP) is 3.51. The van der Waals surface area contributed by atoms with Crippen molar-refractivity contribution in [3.63, 3.8) is 0 Å². The Morgan fingerprint density at radius 1 is 1.13 bits per heavy atom. The zero-order valence-electron chi connectivity index (χ0n) is 16.6. The van der Waals surface area contributed by atoms with Crippen LogP contribution >= 0.6 is 15.9 Å². The first-order chi connectivity index (χ1) is 14.3. The Kier molecular flexibility index (Phi) is 5.95. The molecule has 158 valence electrons. The summed E-state index contributed by atoms with van der Waals surface area (Å²) >= 11 is 3.42. The lowest BCUT2D eigenvalue weighted by molar-refractivity contribution is 0.0949. The molecule has 9 heteroatoms. The number of benzene rings is 1. The Hall–Kier alpha value is -2.23. The number of nitrogens with one attached hydrogen (secondary N) is 1. The van der Waals surface area contributed by atoms with Crippen molar-refractivity contribution in [2.75, 3.05) is 13.1 Å². The summed E-state index contributed by atoms with van der Waals surface area (Å²) in [5, 5.41) is 2.85. The molecule has 1 N–H and O–H groups in total. The first-order valence-corrected chi connectivity index (χ1v) is 12.1. The molecule has 4 rings (SSSR count). The second-order valence-electron chi connectivity index (χ2n) is 7.47. The average molecular weight is 491 g/mol. The van der Waals surface area contributed by atoms with Crippen molar-refractivity contribution in [3.05, 3.63) is 64.0 Å². The highest BCUT2D eigenvalue weighted by Gasteiger charge is 2.27. The van der Waals surface area contributed by atoms with Crippen molar-refractivity contribution < 1.29 is 13.2 Å². The third-order valence-corrected chi connectivity index (χ3v) is 7.67. The van der Waals surface area contributed by atoms with Gasteiger partial charge in [0, 0.05) is 35.5 Å². The number of amides is 1. The van der Waals surface area contributed by atoms with E-state index in [0.29, 0.717) is 18.7 Å². The van der Waals surface area contributed by atoms with Crippen LogP contribution in [0.5, 0.6) is 0 Å². The zero-order chi connectivity index (χ0) is 21.3. The molecule has 0 spiro atoms. The molecular weight excluding hydrogens is 468 g/mol. The van der Waals surface area contributed by atoms with E-state index in [9.17, 15) is 13.2 Å². The summed E-state index contributed by atoms with van der Waals surface area (Å²) in [5.41, 5.74) is 2.59. The molecule has 0 bridgehead atoms. The van der Waals surface area contributed by atoms with E-state index in [2.05, 4.69) is 26.2 Å². The van der Waals surface area contributed by atoms with Gasteiger partial charge in [-0.15, -0.1) is 0 Å². The molecule has 0 saturated carbocycles. The molecule has 3 aromatic rings. The summed E-state index contributed by atoms with van der Waals surface area (Å²) in [6.45, 7) is 3.11. The molecule has 30 heavy (non-hydrogen) atoms. The number of piperidine rings is 1. The Morgan fingerprint density at radius 2 is 1.90 bits per heavy atom. The third-order valence-electron chi connectivity index (χ3n) is 5.30. The molecule has 1 aliphatic rings. The molecule has 7 nitrogen and oxygen atoms in total. The smallest absolute Gasteiger partial charge is 0.251 e. The van der Waals surface area contributed by atoms with Crippen LogP contribution in [-0.4, -0.2) is 41.1 Å². The molecule has 1 aliphatic heterocycles. The van der Waals surface area contributed by atoms with E-state index >= 15 is 0 Å². The fourth-order valence-corrected chi connectivity index (χ4v) is 5.53. The second kappa shape index (κ2) is 8.49. The van der Waals surface area contributed by atoms with Crippen molar-refractivity contribution in [3.8, 4) is 0 Å². The monoisotopic (exact) mass is 490 g/mol. The molecule has 1 fully saturated rings. The Morgan fingerprint density at radius 3 is 2.67 bits per heavy atom. The van der Waals surface area contributed by atoms with E-state index in [1.54, 1.807) is 19.1 Å². The quantitative estimate of drug-likeness (QED) is 0.592. The van der Waals surface area contributed by atoms with E-state index in [1.807, 2.05) is 28.9 Å². The molecule has 1 amide bonds. The second-order valence-corrected chi connectivity index (χ2v) is 10.3. The van der Waals surface area contributed by atoms with Crippen LogP contribution in [-0.2, 0) is 16.6 Å². The highest BCUT2D eigenvalue weighted by atomic mass is 79.9. The third kappa shape index (κ3) is 4.28. The van der Waals surface area contributed by atoms with E-state index in [1.165, 1.54) is 10.4 Å². The van der Waals surface area contributed by atoms with Gasteiger partial charge in [-0.25, -0.2) is 13.4 Å². The molecule has 0 radical (unpaired) electrons. The lowest BCUT2D eigenvalue weighted by Gasteiger charge is -2.26. The van der Waals surface area contributed by atoms with Crippen LogP contribution in [0.4, 0.5) is 0 Å². The Balaban J connectivity index is 1.52. The van der Waals surface area contributed by atoms with E-state index in [4.69, 9.17) is 0 Å². The summed E-state index contributed by atoms with van der Waals surface area (Å²) < 4.78 is 30.2. The predicted molar refractivity (Wildman–Crippen MR) is 118 cm³/mol. The van der Waals surface area contributed by atoms with Crippen LogP contribution in [0.1, 0.15) is 40.9 Å². The average Bonchev–Trinajstić information content (AvgIpc) is 3.15. The van der Waals surface area contributed by atoms with E-state index < -0.39 is 10.0 Å². The summed E-state index contributed by atoms with van der Waals surface area (Å²) in [6, 6.07) is 8.54. The van der Waals surface area contributed by atoms with Gasteiger partial charge in [0.15, 0.2) is 0 Å². The van der Waals surface area contributed by atoms with E-state index in [0.717, 1.165) is 40.6 Å². The van der Waals surface area contributed by atoms with Gasteiger partial charge in [-0.3, -0.25) is 4.79 Å². The van der Waals surface area contributed by atoms with Crippen molar-refractivity contribution in [2.45, 2.75) is 37.6 Å². The number of hydrogen-bond acceptors (Lipinski definition) is 4. The number of carbonyl (C=O) groups is 1. The number of halogens is 1. The SMILES string of the molecule is Cc1ccc(S(=O)(=O)N2CCCCC2)cc1C(=O)NCc1cn2cc(Br)ccc2n1. The van der Waals surface area contributed by atoms with Crippen LogP contribution in [0, 0.1) is 6.92 Å². The molecule has 2 aromatic heterocycles. The van der Waals surface area contributed by atoms with Crippen LogP contribution in [0.25, 0.3) is 5.65 Å². The van der Waals surface area contributed by atoms with Gasteiger partial charge in [-0.1, -0.05) is 12.5 Å². The van der Waals surface area contributed by atoms with Gasteiger partial charge in [-0.2, -0.15) is 4.31 Å². The highest BCUT2D eigenvalue weighted by molar-refractivity contribution is 9.10. The minimum atomic E-state index is -3.59. The topological polar surface area (TPSA) is 83.8 Å². The summed E-state index contributed by atoms with van der Waals surface area (Å²) in [5.74, 6) is -0.318. The van der Waals surface area contributed by atoms with Gasteiger partial charge in [0.05, 0.1) is 17.1 Å². The lowest BCUT2D eigenvalue weighted by Crippen LogP contribution is -2.35. The van der Waals surface area contributed by atoms with Crippen LogP contribution in [0.15, 0.2) is 52.1 Å². The summed E-state index contributed by atoms with van der Waals surface area (Å²) in [4.78, 5) is 17.5. The largest absolute Gasteiger partial charge is 0.346 e. The molecule has 0 atom stereocenters. The van der Waals surface area contributed by atoms with Gasteiger partial charge < -0.3 is 9.72 Å². The molecule has 1 saturated heterocycles. The maximum atomic E-state index is 13.0. The highest BCUT2D eigenvalue weighted by Crippen LogP contribution is 2.23. The van der Waals surface area contributed by atoms with Gasteiger partial charge >= 0.3 is 0 Å². The first-order valence-electron chi connectivity index (χ1n) is 9.87. The first kappa shape index (κ1) is 21.0.